The Labute approximate surface area is 179 Å². The van der Waals surface area contributed by atoms with Gasteiger partial charge in [-0.05, 0) is 37.0 Å². The molecule has 0 spiro atoms. The maximum absolute atomic E-state index is 14.1. The van der Waals surface area contributed by atoms with E-state index in [1.54, 1.807) is 23.9 Å². The third kappa shape index (κ3) is 4.46. The van der Waals surface area contributed by atoms with Gasteiger partial charge in [-0.2, -0.15) is 0 Å². The second kappa shape index (κ2) is 8.80. The number of amides is 1. The number of rotatable bonds is 5. The maximum Gasteiger partial charge on any atom is 0.242 e. The number of hydrogen-bond acceptors (Lipinski definition) is 2. The summed E-state index contributed by atoms with van der Waals surface area (Å²) in [5, 5.41) is 1.51. The van der Waals surface area contributed by atoms with Crippen LogP contribution in [0, 0.1) is 11.7 Å². The normalized spacial score (nSPS) is 15.2. The second-order valence-corrected chi connectivity index (χ2v) is 9.11. The lowest BCUT2D eigenvalue weighted by Crippen LogP contribution is -2.39. The summed E-state index contributed by atoms with van der Waals surface area (Å²) in [5.41, 5.74) is 1.53. The van der Waals surface area contributed by atoms with Crippen LogP contribution >= 0.6 is 23.4 Å². The zero-order chi connectivity index (χ0) is 20.4. The Morgan fingerprint density at radius 1 is 1.17 bits per heavy atom. The number of likely N-dealkylation sites (tertiary alicyclic amines) is 1. The van der Waals surface area contributed by atoms with Crippen molar-refractivity contribution in [3.63, 3.8) is 0 Å². The fourth-order valence-corrected chi connectivity index (χ4v) is 5.21. The molecule has 0 atom stereocenters. The number of halogens is 2. The maximum atomic E-state index is 14.1. The van der Waals surface area contributed by atoms with E-state index in [1.165, 1.54) is 6.07 Å². The topological polar surface area (TPSA) is 25.2 Å². The smallest absolute Gasteiger partial charge is 0.242 e. The molecule has 1 fully saturated rings. The third-order valence-corrected chi connectivity index (χ3v) is 7.05. The summed E-state index contributed by atoms with van der Waals surface area (Å²) in [6, 6.07) is 12.8. The van der Waals surface area contributed by atoms with Crippen LogP contribution in [-0.2, 0) is 17.1 Å². The molecule has 0 radical (unpaired) electrons. The van der Waals surface area contributed by atoms with Gasteiger partial charge in [0.25, 0.3) is 0 Å². The van der Waals surface area contributed by atoms with Crippen LogP contribution in [0.1, 0.15) is 25.3 Å². The molecule has 3 nitrogen and oxygen atoms in total. The fraction of sp³-hybridized carbons (Fsp3) is 0.348. The molecule has 1 aliphatic rings. The monoisotopic (exact) mass is 430 g/mol. The fourth-order valence-electron chi connectivity index (χ4n) is 3.78. The highest BCUT2D eigenvalue weighted by Crippen LogP contribution is 2.34. The number of piperidine rings is 1. The van der Waals surface area contributed by atoms with E-state index in [1.807, 2.05) is 39.9 Å². The average Bonchev–Trinajstić information content (AvgIpc) is 3.06. The van der Waals surface area contributed by atoms with Gasteiger partial charge < -0.3 is 9.47 Å². The van der Waals surface area contributed by atoms with E-state index in [-0.39, 0.29) is 11.7 Å². The Morgan fingerprint density at radius 3 is 2.69 bits per heavy atom. The van der Waals surface area contributed by atoms with Gasteiger partial charge >= 0.3 is 0 Å². The summed E-state index contributed by atoms with van der Waals surface area (Å²) >= 11 is 7.72. The molecule has 2 aromatic carbocycles. The van der Waals surface area contributed by atoms with E-state index in [2.05, 4.69) is 6.92 Å². The quantitative estimate of drug-likeness (QED) is 0.465. The first kappa shape index (κ1) is 20.3. The molecule has 1 aliphatic heterocycles. The standard InChI is InChI=1S/C23H24ClFN2OS/c1-16-9-11-26(12-10-16)23(28)14-27-13-22(17-5-2-3-8-21(17)27)29-15-18-19(24)6-4-7-20(18)25/h2-8,13,16H,9-12,14-15H2,1H3. The summed E-state index contributed by atoms with van der Waals surface area (Å²) < 4.78 is 16.1. The van der Waals surface area contributed by atoms with Crippen LogP contribution in [0.5, 0.6) is 0 Å². The van der Waals surface area contributed by atoms with Gasteiger partial charge in [0.05, 0.1) is 0 Å². The highest BCUT2D eigenvalue weighted by Gasteiger charge is 2.21. The molecule has 0 aliphatic carbocycles. The van der Waals surface area contributed by atoms with Gasteiger partial charge in [0.15, 0.2) is 0 Å². The number of fused-ring (bicyclic) bond motifs is 1. The Hall–Kier alpha value is -1.98. The minimum Gasteiger partial charge on any atom is -0.341 e. The van der Waals surface area contributed by atoms with E-state index in [9.17, 15) is 9.18 Å². The largest absolute Gasteiger partial charge is 0.341 e. The van der Waals surface area contributed by atoms with Crippen LogP contribution in [0.2, 0.25) is 5.02 Å². The van der Waals surface area contributed by atoms with Gasteiger partial charge in [0, 0.05) is 51.4 Å². The van der Waals surface area contributed by atoms with E-state index in [4.69, 9.17) is 11.6 Å². The SMILES string of the molecule is CC1CCN(C(=O)Cn2cc(SCc3c(F)cccc3Cl)c3ccccc32)CC1. The summed E-state index contributed by atoms with van der Waals surface area (Å²) in [7, 11) is 0. The van der Waals surface area contributed by atoms with E-state index < -0.39 is 0 Å². The van der Waals surface area contributed by atoms with Crippen molar-refractivity contribution in [1.82, 2.24) is 9.47 Å². The Balaban J connectivity index is 1.54. The number of nitrogens with zero attached hydrogens (tertiary/aromatic N) is 2. The molecule has 3 aromatic rings. The Kier molecular flexibility index (Phi) is 6.16. The number of aromatic nitrogens is 1. The molecule has 4 rings (SSSR count). The van der Waals surface area contributed by atoms with Crippen molar-refractivity contribution >= 4 is 40.2 Å². The first-order valence-corrected chi connectivity index (χ1v) is 11.3. The molecule has 0 unspecified atom stereocenters. The van der Waals surface area contributed by atoms with Crippen LogP contribution in [0.4, 0.5) is 4.39 Å². The molecule has 1 amide bonds. The van der Waals surface area contributed by atoms with Crippen LogP contribution in [0.25, 0.3) is 10.9 Å². The lowest BCUT2D eigenvalue weighted by molar-refractivity contribution is -0.133. The van der Waals surface area contributed by atoms with Crippen molar-refractivity contribution in [1.29, 1.82) is 0 Å². The lowest BCUT2D eigenvalue weighted by Gasteiger charge is -2.30. The van der Waals surface area contributed by atoms with Crippen molar-refractivity contribution < 1.29 is 9.18 Å². The number of thioether (sulfide) groups is 1. The first-order chi connectivity index (χ1) is 14.0. The molecule has 152 valence electrons. The third-order valence-electron chi connectivity index (χ3n) is 5.63. The molecule has 0 saturated carbocycles. The van der Waals surface area contributed by atoms with E-state index in [0.717, 1.165) is 41.7 Å². The zero-order valence-electron chi connectivity index (χ0n) is 16.4. The highest BCUT2D eigenvalue weighted by molar-refractivity contribution is 7.98. The number of hydrogen-bond donors (Lipinski definition) is 0. The second-order valence-electron chi connectivity index (χ2n) is 7.69. The molecular formula is C23H24ClFN2OS. The predicted octanol–water partition coefficient (Wildman–Crippen LogP) is 5.98. The number of carbonyl (C=O) groups is 1. The van der Waals surface area contributed by atoms with Crippen molar-refractivity contribution in [3.05, 3.63) is 65.1 Å². The van der Waals surface area contributed by atoms with Crippen molar-refractivity contribution in [2.24, 2.45) is 5.92 Å². The first-order valence-electron chi connectivity index (χ1n) is 9.94. The molecule has 1 saturated heterocycles. The molecular weight excluding hydrogens is 407 g/mol. The number of para-hydroxylation sites is 1. The average molecular weight is 431 g/mol. The molecule has 0 bridgehead atoms. The molecule has 2 heterocycles. The van der Waals surface area contributed by atoms with Gasteiger partial charge in [0.2, 0.25) is 5.91 Å². The van der Waals surface area contributed by atoms with Gasteiger partial charge in [0.1, 0.15) is 12.4 Å². The van der Waals surface area contributed by atoms with Gasteiger partial charge in [-0.15, -0.1) is 11.8 Å². The summed E-state index contributed by atoms with van der Waals surface area (Å²) in [4.78, 5) is 15.8. The van der Waals surface area contributed by atoms with E-state index >= 15 is 0 Å². The van der Waals surface area contributed by atoms with Crippen LogP contribution in [-0.4, -0.2) is 28.5 Å². The van der Waals surface area contributed by atoms with Gasteiger partial charge in [-0.3, -0.25) is 4.79 Å². The molecule has 29 heavy (non-hydrogen) atoms. The Bertz CT molecular complexity index is 1010. The van der Waals surface area contributed by atoms with Gasteiger partial charge in [-0.25, -0.2) is 4.39 Å². The number of benzene rings is 2. The summed E-state index contributed by atoms with van der Waals surface area (Å²) in [6.07, 6.45) is 4.15. The van der Waals surface area contributed by atoms with Crippen LogP contribution < -0.4 is 0 Å². The van der Waals surface area contributed by atoms with Crippen LogP contribution in [0.15, 0.2) is 53.6 Å². The Morgan fingerprint density at radius 2 is 1.93 bits per heavy atom. The molecule has 1 aromatic heterocycles. The van der Waals surface area contributed by atoms with Crippen molar-refractivity contribution in [2.75, 3.05) is 13.1 Å². The molecule has 6 heteroatoms. The minimum atomic E-state index is -0.289. The highest BCUT2D eigenvalue weighted by atomic mass is 35.5. The van der Waals surface area contributed by atoms with Crippen LogP contribution in [0.3, 0.4) is 0 Å². The number of carbonyl (C=O) groups excluding carboxylic acids is 1. The zero-order valence-corrected chi connectivity index (χ0v) is 18.0. The predicted molar refractivity (Wildman–Crippen MR) is 118 cm³/mol. The molecule has 0 N–H and O–H groups in total. The van der Waals surface area contributed by atoms with Crippen molar-refractivity contribution in [2.45, 2.75) is 37.0 Å². The van der Waals surface area contributed by atoms with E-state index in [0.29, 0.717) is 28.8 Å². The minimum absolute atomic E-state index is 0.159. The van der Waals surface area contributed by atoms with Gasteiger partial charge in [-0.1, -0.05) is 42.8 Å². The van der Waals surface area contributed by atoms with Crippen molar-refractivity contribution in [3.8, 4) is 0 Å². The summed E-state index contributed by atoms with van der Waals surface area (Å²) in [6.45, 7) is 4.25. The lowest BCUT2D eigenvalue weighted by atomic mass is 9.99. The summed E-state index contributed by atoms with van der Waals surface area (Å²) in [5.74, 6) is 1.01.